The largest absolute Gasteiger partial charge is 0.496 e. The summed E-state index contributed by atoms with van der Waals surface area (Å²) in [5.74, 6) is 0.524. The number of hydrogen-bond acceptors (Lipinski definition) is 4. The Bertz CT molecular complexity index is 808. The molecule has 6 heteroatoms. The van der Waals surface area contributed by atoms with Gasteiger partial charge in [0, 0.05) is 26.1 Å². The van der Waals surface area contributed by atoms with E-state index >= 15 is 0 Å². The zero-order valence-corrected chi connectivity index (χ0v) is 17.1. The predicted molar refractivity (Wildman–Crippen MR) is 111 cm³/mol. The van der Waals surface area contributed by atoms with Crippen molar-refractivity contribution in [3.05, 3.63) is 65.5 Å². The van der Waals surface area contributed by atoms with Crippen LogP contribution in [0.3, 0.4) is 0 Å². The molecule has 2 unspecified atom stereocenters. The molecule has 1 saturated heterocycles. The lowest BCUT2D eigenvalue weighted by molar-refractivity contribution is -0.121. The molecule has 1 aliphatic rings. The molecule has 1 aliphatic heterocycles. The summed E-state index contributed by atoms with van der Waals surface area (Å²) in [5, 5.41) is 3.05. The van der Waals surface area contributed by atoms with Crippen molar-refractivity contribution in [2.45, 2.75) is 25.3 Å². The Balaban J connectivity index is 1.64. The van der Waals surface area contributed by atoms with Crippen molar-refractivity contribution >= 4 is 5.91 Å². The lowest BCUT2D eigenvalue weighted by atomic mass is 9.96. The number of nitrogens with one attached hydrogen (secondary N) is 1. The van der Waals surface area contributed by atoms with E-state index in [2.05, 4.69) is 10.2 Å². The molecule has 5 nitrogen and oxygen atoms in total. The smallest absolute Gasteiger partial charge is 0.220 e. The van der Waals surface area contributed by atoms with Gasteiger partial charge in [-0.2, -0.15) is 0 Å². The van der Waals surface area contributed by atoms with Crippen molar-refractivity contribution in [3.8, 4) is 5.75 Å². The number of morpholine rings is 1. The van der Waals surface area contributed by atoms with E-state index in [9.17, 15) is 9.18 Å². The number of amides is 1. The van der Waals surface area contributed by atoms with Gasteiger partial charge in [-0.05, 0) is 35.2 Å². The third-order valence-electron chi connectivity index (χ3n) is 5.37. The highest BCUT2D eigenvalue weighted by atomic mass is 19.1. The molecule has 0 aromatic heterocycles. The number of methoxy groups -OCH3 is 1. The quantitative estimate of drug-likeness (QED) is 0.737. The molecule has 2 aromatic rings. The molecule has 156 valence electrons. The molecule has 3 rings (SSSR count). The van der Waals surface area contributed by atoms with Gasteiger partial charge in [0.05, 0.1) is 26.4 Å². The Labute approximate surface area is 171 Å². The van der Waals surface area contributed by atoms with Crippen LogP contribution in [0, 0.1) is 5.82 Å². The molecule has 0 saturated carbocycles. The van der Waals surface area contributed by atoms with Gasteiger partial charge in [-0.1, -0.05) is 37.3 Å². The number of carbonyl (C=O) groups is 1. The zero-order valence-electron chi connectivity index (χ0n) is 17.1. The van der Waals surface area contributed by atoms with Gasteiger partial charge >= 0.3 is 0 Å². The molecule has 1 amide bonds. The van der Waals surface area contributed by atoms with Crippen LogP contribution in [0.5, 0.6) is 5.75 Å². The van der Waals surface area contributed by atoms with Crippen LogP contribution >= 0.6 is 0 Å². The molecule has 1 fully saturated rings. The summed E-state index contributed by atoms with van der Waals surface area (Å²) in [6.07, 6.45) is 0.360. The molecule has 2 aromatic carbocycles. The first kappa shape index (κ1) is 21.3. The average Bonchev–Trinajstić information content (AvgIpc) is 2.74. The first-order valence-electron chi connectivity index (χ1n) is 10.1. The number of rotatable bonds is 8. The number of ether oxygens (including phenoxy) is 2. The van der Waals surface area contributed by atoms with Crippen LogP contribution in [0.15, 0.2) is 48.5 Å². The van der Waals surface area contributed by atoms with Crippen LogP contribution in [-0.2, 0) is 9.53 Å². The lowest BCUT2D eigenvalue weighted by Crippen LogP contribution is -2.44. The molecule has 29 heavy (non-hydrogen) atoms. The third kappa shape index (κ3) is 5.78. The second-order valence-corrected chi connectivity index (χ2v) is 7.37. The van der Waals surface area contributed by atoms with E-state index in [0.717, 1.165) is 30.0 Å². The van der Waals surface area contributed by atoms with E-state index < -0.39 is 0 Å². The number of halogens is 1. The van der Waals surface area contributed by atoms with Crippen molar-refractivity contribution in [1.29, 1.82) is 0 Å². The molecule has 0 spiro atoms. The fourth-order valence-corrected chi connectivity index (χ4v) is 3.81. The Morgan fingerprint density at radius 3 is 2.69 bits per heavy atom. The Morgan fingerprint density at radius 1 is 1.21 bits per heavy atom. The fraction of sp³-hybridized carbons (Fsp3) is 0.435. The predicted octanol–water partition coefficient (Wildman–Crippen LogP) is 3.52. The molecular formula is C23H29FN2O3. The number of nitrogens with zero attached hydrogens (tertiary/aromatic N) is 1. The summed E-state index contributed by atoms with van der Waals surface area (Å²) < 4.78 is 24.6. The van der Waals surface area contributed by atoms with Crippen molar-refractivity contribution < 1.29 is 18.7 Å². The minimum absolute atomic E-state index is 0.0296. The van der Waals surface area contributed by atoms with E-state index in [1.165, 1.54) is 6.07 Å². The molecule has 1 N–H and O–H groups in total. The van der Waals surface area contributed by atoms with Gasteiger partial charge in [-0.3, -0.25) is 9.69 Å². The normalized spacial score (nSPS) is 16.8. The van der Waals surface area contributed by atoms with Gasteiger partial charge in [0.1, 0.15) is 11.6 Å². The van der Waals surface area contributed by atoms with Crippen LogP contribution < -0.4 is 10.1 Å². The zero-order chi connectivity index (χ0) is 20.6. The van der Waals surface area contributed by atoms with Crippen LogP contribution in [0.1, 0.15) is 36.4 Å². The summed E-state index contributed by atoms with van der Waals surface area (Å²) in [6, 6.07) is 14.3. The van der Waals surface area contributed by atoms with Crippen molar-refractivity contribution in [2.24, 2.45) is 0 Å². The summed E-state index contributed by atoms with van der Waals surface area (Å²) in [4.78, 5) is 14.9. The summed E-state index contributed by atoms with van der Waals surface area (Å²) >= 11 is 0. The van der Waals surface area contributed by atoms with E-state index in [0.29, 0.717) is 26.2 Å². The van der Waals surface area contributed by atoms with Crippen LogP contribution in [0.4, 0.5) is 4.39 Å². The van der Waals surface area contributed by atoms with Gasteiger partial charge < -0.3 is 14.8 Å². The topological polar surface area (TPSA) is 50.8 Å². The SMILES string of the molecule is COc1ccccc1C(C)CC(=O)NCC(c1cccc(F)c1)N1CCOCC1. The van der Waals surface area contributed by atoms with Gasteiger partial charge in [0.25, 0.3) is 0 Å². The number of carbonyl (C=O) groups excluding carboxylic acids is 1. The van der Waals surface area contributed by atoms with E-state index in [4.69, 9.17) is 9.47 Å². The standard InChI is InChI=1S/C23H29FN2O3/c1-17(20-8-3-4-9-22(20)28-2)14-23(27)25-16-21(26-10-12-29-13-11-26)18-6-5-7-19(24)15-18/h3-9,15,17,21H,10-14,16H2,1-2H3,(H,25,27). The maximum absolute atomic E-state index is 13.8. The highest BCUT2D eigenvalue weighted by Gasteiger charge is 2.24. The van der Waals surface area contributed by atoms with Crippen LogP contribution in [0.25, 0.3) is 0 Å². The molecule has 0 bridgehead atoms. The first-order valence-corrected chi connectivity index (χ1v) is 10.1. The van der Waals surface area contributed by atoms with E-state index in [1.807, 2.05) is 37.3 Å². The maximum atomic E-state index is 13.8. The highest BCUT2D eigenvalue weighted by molar-refractivity contribution is 5.77. The second kappa shape index (κ2) is 10.4. The summed E-state index contributed by atoms with van der Waals surface area (Å²) in [5.41, 5.74) is 1.88. The van der Waals surface area contributed by atoms with Gasteiger partial charge in [0.2, 0.25) is 5.91 Å². The third-order valence-corrected chi connectivity index (χ3v) is 5.37. The Kier molecular flexibility index (Phi) is 7.61. The summed E-state index contributed by atoms with van der Waals surface area (Å²) in [6.45, 7) is 5.25. The Morgan fingerprint density at radius 2 is 1.97 bits per heavy atom. The molecule has 0 radical (unpaired) electrons. The fourth-order valence-electron chi connectivity index (χ4n) is 3.81. The molecule has 2 atom stereocenters. The summed E-state index contributed by atoms with van der Waals surface area (Å²) in [7, 11) is 1.64. The minimum Gasteiger partial charge on any atom is -0.496 e. The second-order valence-electron chi connectivity index (χ2n) is 7.37. The average molecular weight is 400 g/mol. The number of benzene rings is 2. The van der Waals surface area contributed by atoms with Crippen molar-refractivity contribution in [1.82, 2.24) is 10.2 Å². The first-order chi connectivity index (χ1) is 14.1. The lowest BCUT2D eigenvalue weighted by Gasteiger charge is -2.35. The van der Waals surface area contributed by atoms with Crippen molar-refractivity contribution in [2.75, 3.05) is 40.0 Å². The highest BCUT2D eigenvalue weighted by Crippen LogP contribution is 2.28. The minimum atomic E-state index is -0.267. The molecular weight excluding hydrogens is 371 g/mol. The molecule has 1 heterocycles. The van der Waals surface area contributed by atoms with Crippen molar-refractivity contribution in [3.63, 3.8) is 0 Å². The van der Waals surface area contributed by atoms with E-state index in [-0.39, 0.29) is 23.7 Å². The van der Waals surface area contributed by atoms with Gasteiger partial charge in [-0.25, -0.2) is 4.39 Å². The number of hydrogen-bond donors (Lipinski definition) is 1. The monoisotopic (exact) mass is 400 g/mol. The Hall–Kier alpha value is -2.44. The van der Waals surface area contributed by atoms with Gasteiger partial charge in [0.15, 0.2) is 0 Å². The van der Waals surface area contributed by atoms with E-state index in [1.54, 1.807) is 19.2 Å². The van der Waals surface area contributed by atoms with Gasteiger partial charge in [-0.15, -0.1) is 0 Å². The molecule has 0 aliphatic carbocycles. The van der Waals surface area contributed by atoms with Crippen LogP contribution in [-0.4, -0.2) is 50.8 Å². The number of para-hydroxylation sites is 1. The van der Waals surface area contributed by atoms with Crippen LogP contribution in [0.2, 0.25) is 0 Å². The maximum Gasteiger partial charge on any atom is 0.220 e.